The highest BCUT2D eigenvalue weighted by Gasteiger charge is 2.25. The van der Waals surface area contributed by atoms with Crippen molar-refractivity contribution in [3.05, 3.63) is 29.8 Å². The molecule has 0 bridgehead atoms. The van der Waals surface area contributed by atoms with Gasteiger partial charge in [0.2, 0.25) is 0 Å². The fourth-order valence-corrected chi connectivity index (χ4v) is 2.49. The maximum absolute atomic E-state index is 12.6. The van der Waals surface area contributed by atoms with Crippen molar-refractivity contribution in [2.45, 2.75) is 25.8 Å². The molecule has 1 unspecified atom stereocenters. The SMILES string of the molecule is CCOc1ccccc1C(=O)N1CCCC(NC)C1. The van der Waals surface area contributed by atoms with Crippen LogP contribution in [-0.4, -0.2) is 43.6 Å². The van der Waals surface area contributed by atoms with Crippen molar-refractivity contribution in [1.82, 2.24) is 10.2 Å². The molecule has 0 spiro atoms. The van der Waals surface area contributed by atoms with Gasteiger partial charge < -0.3 is 15.0 Å². The highest BCUT2D eigenvalue weighted by Crippen LogP contribution is 2.21. The number of carbonyl (C=O) groups is 1. The zero-order chi connectivity index (χ0) is 13.7. The first kappa shape index (κ1) is 13.9. The van der Waals surface area contributed by atoms with Gasteiger partial charge in [0.25, 0.3) is 5.91 Å². The van der Waals surface area contributed by atoms with Gasteiger partial charge in [0.05, 0.1) is 12.2 Å². The van der Waals surface area contributed by atoms with Gasteiger partial charge in [-0.25, -0.2) is 0 Å². The molecule has 1 aromatic carbocycles. The summed E-state index contributed by atoms with van der Waals surface area (Å²) in [7, 11) is 1.95. The number of nitrogens with zero attached hydrogens (tertiary/aromatic N) is 1. The molecule has 1 aliphatic heterocycles. The summed E-state index contributed by atoms with van der Waals surface area (Å²) in [4.78, 5) is 14.5. The van der Waals surface area contributed by atoms with Crippen LogP contribution in [0.2, 0.25) is 0 Å². The third-order valence-corrected chi connectivity index (χ3v) is 3.53. The molecule has 104 valence electrons. The monoisotopic (exact) mass is 262 g/mol. The zero-order valence-electron chi connectivity index (χ0n) is 11.7. The summed E-state index contributed by atoms with van der Waals surface area (Å²) in [6.45, 7) is 4.11. The van der Waals surface area contributed by atoms with Crippen molar-refractivity contribution in [3.63, 3.8) is 0 Å². The van der Waals surface area contributed by atoms with Gasteiger partial charge in [-0.3, -0.25) is 4.79 Å². The summed E-state index contributed by atoms with van der Waals surface area (Å²) in [5, 5.41) is 3.25. The summed E-state index contributed by atoms with van der Waals surface area (Å²) in [6.07, 6.45) is 2.18. The molecule has 1 aromatic rings. The number of hydrogen-bond acceptors (Lipinski definition) is 3. The zero-order valence-corrected chi connectivity index (χ0v) is 11.7. The normalized spacial score (nSPS) is 19.3. The fraction of sp³-hybridized carbons (Fsp3) is 0.533. The molecule has 1 aliphatic rings. The largest absolute Gasteiger partial charge is 0.493 e. The van der Waals surface area contributed by atoms with E-state index >= 15 is 0 Å². The second-order valence-corrected chi connectivity index (χ2v) is 4.81. The second kappa shape index (κ2) is 6.57. The highest BCUT2D eigenvalue weighted by molar-refractivity contribution is 5.97. The molecule has 1 amide bonds. The van der Waals surface area contributed by atoms with E-state index in [4.69, 9.17) is 4.74 Å². The highest BCUT2D eigenvalue weighted by atomic mass is 16.5. The lowest BCUT2D eigenvalue weighted by molar-refractivity contribution is 0.0694. The molecule has 0 aromatic heterocycles. The van der Waals surface area contributed by atoms with E-state index in [1.807, 2.05) is 43.1 Å². The van der Waals surface area contributed by atoms with Crippen LogP contribution < -0.4 is 10.1 Å². The Morgan fingerprint density at radius 1 is 1.47 bits per heavy atom. The molecule has 1 fully saturated rings. The number of likely N-dealkylation sites (N-methyl/N-ethyl adjacent to an activating group) is 1. The Hall–Kier alpha value is -1.55. The van der Waals surface area contributed by atoms with Crippen molar-refractivity contribution in [2.75, 3.05) is 26.7 Å². The third-order valence-electron chi connectivity index (χ3n) is 3.53. The van der Waals surface area contributed by atoms with Gasteiger partial charge in [-0.1, -0.05) is 12.1 Å². The lowest BCUT2D eigenvalue weighted by Crippen LogP contribution is -2.47. The predicted octanol–water partition coefficient (Wildman–Crippen LogP) is 1.91. The lowest BCUT2D eigenvalue weighted by atomic mass is 10.0. The minimum absolute atomic E-state index is 0.0731. The van der Waals surface area contributed by atoms with Crippen molar-refractivity contribution in [3.8, 4) is 5.75 Å². The molecule has 4 heteroatoms. The number of piperidine rings is 1. The van der Waals surface area contributed by atoms with Crippen molar-refractivity contribution in [1.29, 1.82) is 0 Å². The summed E-state index contributed by atoms with van der Waals surface area (Å²) < 4.78 is 5.54. The smallest absolute Gasteiger partial charge is 0.257 e. The molecular weight excluding hydrogens is 240 g/mol. The van der Waals surface area contributed by atoms with Crippen LogP contribution in [0, 0.1) is 0 Å². The quantitative estimate of drug-likeness (QED) is 0.901. The molecule has 1 heterocycles. The summed E-state index contributed by atoms with van der Waals surface area (Å²) >= 11 is 0. The molecule has 1 N–H and O–H groups in total. The van der Waals surface area contributed by atoms with Gasteiger partial charge in [0.1, 0.15) is 5.75 Å². The number of para-hydroxylation sites is 1. The summed E-state index contributed by atoms with van der Waals surface area (Å²) in [6, 6.07) is 7.88. The third kappa shape index (κ3) is 3.26. The van der Waals surface area contributed by atoms with Crippen LogP contribution in [0.5, 0.6) is 5.75 Å². The van der Waals surface area contributed by atoms with E-state index in [0.29, 0.717) is 24.0 Å². The van der Waals surface area contributed by atoms with Crippen LogP contribution in [0.3, 0.4) is 0 Å². The van der Waals surface area contributed by atoms with Crippen LogP contribution in [0.15, 0.2) is 24.3 Å². The van der Waals surface area contributed by atoms with E-state index in [1.54, 1.807) is 0 Å². The molecule has 0 aliphatic carbocycles. The van der Waals surface area contributed by atoms with E-state index in [2.05, 4.69) is 5.32 Å². The average Bonchev–Trinajstić information content (AvgIpc) is 2.47. The van der Waals surface area contributed by atoms with Gasteiger partial charge in [-0.2, -0.15) is 0 Å². The van der Waals surface area contributed by atoms with Crippen molar-refractivity contribution < 1.29 is 9.53 Å². The Kier molecular flexibility index (Phi) is 4.80. The Balaban J connectivity index is 2.14. The van der Waals surface area contributed by atoms with Gasteiger partial charge >= 0.3 is 0 Å². The van der Waals surface area contributed by atoms with Gasteiger partial charge in [-0.05, 0) is 38.9 Å². The first-order valence-electron chi connectivity index (χ1n) is 6.94. The van der Waals surface area contributed by atoms with Gasteiger partial charge in [0, 0.05) is 19.1 Å². The number of nitrogens with one attached hydrogen (secondary N) is 1. The van der Waals surface area contributed by atoms with Crippen LogP contribution >= 0.6 is 0 Å². The Morgan fingerprint density at radius 2 is 2.26 bits per heavy atom. The van der Waals surface area contributed by atoms with Crippen molar-refractivity contribution >= 4 is 5.91 Å². The number of carbonyl (C=O) groups excluding carboxylic acids is 1. The minimum Gasteiger partial charge on any atom is -0.493 e. The van der Waals surface area contributed by atoms with E-state index in [9.17, 15) is 4.79 Å². The van der Waals surface area contributed by atoms with E-state index < -0.39 is 0 Å². The average molecular weight is 262 g/mol. The van der Waals surface area contributed by atoms with E-state index in [-0.39, 0.29) is 5.91 Å². The molecule has 0 saturated carbocycles. The van der Waals surface area contributed by atoms with Crippen LogP contribution in [0.4, 0.5) is 0 Å². The van der Waals surface area contributed by atoms with Crippen LogP contribution in [0.25, 0.3) is 0 Å². The standard InChI is InChI=1S/C15H22N2O2/c1-3-19-14-9-5-4-8-13(14)15(18)17-10-6-7-12(11-17)16-2/h4-5,8-9,12,16H,3,6-7,10-11H2,1-2H3. The molecule has 19 heavy (non-hydrogen) atoms. The first-order valence-corrected chi connectivity index (χ1v) is 6.94. The van der Waals surface area contributed by atoms with E-state index in [1.165, 1.54) is 0 Å². The Bertz CT molecular complexity index is 434. The number of benzene rings is 1. The fourth-order valence-electron chi connectivity index (χ4n) is 2.49. The Labute approximate surface area is 114 Å². The minimum atomic E-state index is 0.0731. The number of likely N-dealkylation sites (tertiary alicyclic amines) is 1. The molecule has 2 rings (SSSR count). The molecular formula is C15H22N2O2. The number of amides is 1. The van der Waals surface area contributed by atoms with Gasteiger partial charge in [0.15, 0.2) is 0 Å². The van der Waals surface area contributed by atoms with Crippen LogP contribution in [0.1, 0.15) is 30.1 Å². The molecule has 4 nitrogen and oxygen atoms in total. The molecule has 1 saturated heterocycles. The van der Waals surface area contributed by atoms with Crippen molar-refractivity contribution in [2.24, 2.45) is 0 Å². The van der Waals surface area contributed by atoms with E-state index in [0.717, 1.165) is 25.9 Å². The first-order chi connectivity index (χ1) is 9.26. The lowest BCUT2D eigenvalue weighted by Gasteiger charge is -2.32. The van der Waals surface area contributed by atoms with Crippen LogP contribution in [-0.2, 0) is 0 Å². The second-order valence-electron chi connectivity index (χ2n) is 4.81. The molecule has 1 atom stereocenters. The molecule has 0 radical (unpaired) electrons. The van der Waals surface area contributed by atoms with Gasteiger partial charge in [-0.15, -0.1) is 0 Å². The number of rotatable bonds is 4. The Morgan fingerprint density at radius 3 is 3.00 bits per heavy atom. The number of ether oxygens (including phenoxy) is 1. The predicted molar refractivity (Wildman–Crippen MR) is 75.6 cm³/mol. The summed E-state index contributed by atoms with van der Waals surface area (Å²) in [5.41, 5.74) is 0.668. The topological polar surface area (TPSA) is 41.6 Å². The summed E-state index contributed by atoms with van der Waals surface area (Å²) in [5.74, 6) is 0.755. The maximum atomic E-state index is 12.6. The number of hydrogen-bond donors (Lipinski definition) is 1. The maximum Gasteiger partial charge on any atom is 0.257 e.